The predicted octanol–water partition coefficient (Wildman–Crippen LogP) is 5.04. The molecule has 0 aliphatic rings. The van der Waals surface area contributed by atoms with Crippen molar-refractivity contribution < 1.29 is 9.18 Å². The maximum Gasteiger partial charge on any atom is 0.159 e. The van der Waals surface area contributed by atoms with Gasteiger partial charge in [0, 0.05) is 11.1 Å². The molecule has 0 bridgehead atoms. The molecule has 2 heteroatoms. The van der Waals surface area contributed by atoms with E-state index in [4.69, 9.17) is 0 Å². The second-order valence-corrected chi connectivity index (χ2v) is 5.05. The van der Waals surface area contributed by atoms with Crippen molar-refractivity contribution in [1.29, 1.82) is 0 Å². The molecule has 0 heterocycles. The summed E-state index contributed by atoms with van der Waals surface area (Å²) in [4.78, 5) is 11.4. The fourth-order valence-corrected chi connectivity index (χ4v) is 2.20. The van der Waals surface area contributed by atoms with Gasteiger partial charge >= 0.3 is 0 Å². The van der Waals surface area contributed by atoms with Crippen molar-refractivity contribution in [2.24, 2.45) is 0 Å². The van der Waals surface area contributed by atoms with E-state index in [0.717, 1.165) is 24.8 Å². The van der Waals surface area contributed by atoms with Crippen molar-refractivity contribution in [2.75, 3.05) is 0 Å². The van der Waals surface area contributed by atoms with Gasteiger partial charge in [-0.3, -0.25) is 4.79 Å². The largest absolute Gasteiger partial charge is 0.295 e. The number of rotatable bonds is 5. The Morgan fingerprint density at radius 3 is 2.40 bits per heavy atom. The highest BCUT2D eigenvalue weighted by Gasteiger charge is 2.08. The number of halogens is 1. The molecule has 1 nitrogen and oxygen atoms in total. The molecule has 2 rings (SSSR count). The maximum atomic E-state index is 13.9. The van der Waals surface area contributed by atoms with Crippen LogP contribution in [0.5, 0.6) is 0 Å². The van der Waals surface area contributed by atoms with Crippen LogP contribution in [0.2, 0.25) is 0 Å². The van der Waals surface area contributed by atoms with Gasteiger partial charge in [0.2, 0.25) is 0 Å². The van der Waals surface area contributed by atoms with E-state index in [1.54, 1.807) is 6.07 Å². The molecule has 0 aliphatic heterocycles. The molecule has 0 aliphatic carbocycles. The molecule has 0 atom stereocenters. The van der Waals surface area contributed by atoms with Crippen LogP contribution in [0.3, 0.4) is 0 Å². The molecule has 0 unspecified atom stereocenters. The number of hydrogen-bond acceptors (Lipinski definition) is 1. The van der Waals surface area contributed by atoms with Crippen molar-refractivity contribution in [2.45, 2.75) is 33.1 Å². The number of Topliss-reactive ketones (excluding diaryl/α,β-unsaturated/α-hetero) is 1. The normalized spacial score (nSPS) is 10.6. The minimum absolute atomic E-state index is 0.0502. The van der Waals surface area contributed by atoms with Gasteiger partial charge in [-0.05, 0) is 49.1 Å². The van der Waals surface area contributed by atoms with Crippen LogP contribution in [0.4, 0.5) is 4.39 Å². The second kappa shape index (κ2) is 6.47. The topological polar surface area (TPSA) is 17.1 Å². The highest BCUT2D eigenvalue weighted by atomic mass is 19.1. The van der Waals surface area contributed by atoms with Crippen molar-refractivity contribution >= 4 is 5.78 Å². The molecule has 0 radical (unpaired) electrons. The van der Waals surface area contributed by atoms with E-state index >= 15 is 0 Å². The van der Waals surface area contributed by atoms with Crippen molar-refractivity contribution in [3.8, 4) is 11.1 Å². The zero-order chi connectivity index (χ0) is 14.5. The molecule has 0 fully saturated rings. The van der Waals surface area contributed by atoms with Gasteiger partial charge in [0.1, 0.15) is 5.82 Å². The summed E-state index contributed by atoms with van der Waals surface area (Å²) in [5.74, 6) is -0.345. The van der Waals surface area contributed by atoms with Crippen LogP contribution in [-0.2, 0) is 6.42 Å². The standard InChI is InChI=1S/C18H19FO/c1-3-4-5-14-6-8-15(9-7-14)17-12-16(13(2)20)10-11-18(17)19/h6-12H,3-5H2,1-2H3. The number of ketones is 1. The fraction of sp³-hybridized carbons (Fsp3) is 0.278. The maximum absolute atomic E-state index is 13.9. The zero-order valence-corrected chi connectivity index (χ0v) is 11.9. The van der Waals surface area contributed by atoms with Crippen LogP contribution < -0.4 is 0 Å². The lowest BCUT2D eigenvalue weighted by Gasteiger charge is -2.07. The molecule has 0 saturated heterocycles. The van der Waals surface area contributed by atoms with E-state index in [0.29, 0.717) is 11.1 Å². The average molecular weight is 270 g/mol. The molecular formula is C18H19FO. The lowest BCUT2D eigenvalue weighted by molar-refractivity contribution is 0.101. The summed E-state index contributed by atoms with van der Waals surface area (Å²) >= 11 is 0. The van der Waals surface area contributed by atoms with Crippen LogP contribution in [0.25, 0.3) is 11.1 Å². The van der Waals surface area contributed by atoms with Gasteiger partial charge in [0.05, 0.1) is 0 Å². The first-order chi connectivity index (χ1) is 9.61. The third-order valence-electron chi connectivity index (χ3n) is 3.46. The van der Waals surface area contributed by atoms with Crippen LogP contribution in [0.15, 0.2) is 42.5 Å². The lowest BCUT2D eigenvalue weighted by Crippen LogP contribution is -1.94. The van der Waals surface area contributed by atoms with E-state index in [-0.39, 0.29) is 11.6 Å². The summed E-state index contributed by atoms with van der Waals surface area (Å²) in [6, 6.07) is 12.4. The smallest absolute Gasteiger partial charge is 0.159 e. The monoisotopic (exact) mass is 270 g/mol. The van der Waals surface area contributed by atoms with Crippen molar-refractivity contribution in [3.05, 3.63) is 59.4 Å². The number of benzene rings is 2. The van der Waals surface area contributed by atoms with Gasteiger partial charge in [-0.15, -0.1) is 0 Å². The Bertz CT molecular complexity index is 599. The highest BCUT2D eigenvalue weighted by molar-refractivity contribution is 5.95. The van der Waals surface area contributed by atoms with Crippen molar-refractivity contribution in [3.63, 3.8) is 0 Å². The first-order valence-corrected chi connectivity index (χ1v) is 7.01. The van der Waals surface area contributed by atoms with Gasteiger partial charge in [0.25, 0.3) is 0 Å². The third kappa shape index (κ3) is 3.32. The van der Waals surface area contributed by atoms with E-state index < -0.39 is 0 Å². The summed E-state index contributed by atoms with van der Waals surface area (Å²) in [6.45, 7) is 3.65. The Kier molecular flexibility index (Phi) is 4.67. The highest BCUT2D eigenvalue weighted by Crippen LogP contribution is 2.25. The Morgan fingerprint density at radius 1 is 1.10 bits per heavy atom. The number of unbranched alkanes of at least 4 members (excludes halogenated alkanes) is 1. The number of carbonyl (C=O) groups excluding carboxylic acids is 1. The number of aryl methyl sites for hydroxylation is 1. The minimum atomic E-state index is -0.295. The Hall–Kier alpha value is -1.96. The fourth-order valence-electron chi connectivity index (χ4n) is 2.20. The summed E-state index contributed by atoms with van der Waals surface area (Å²) in [5, 5.41) is 0. The van der Waals surface area contributed by atoms with Gasteiger partial charge in [-0.25, -0.2) is 4.39 Å². The van der Waals surface area contributed by atoms with Gasteiger partial charge in [0.15, 0.2) is 5.78 Å². The molecule has 0 amide bonds. The zero-order valence-electron chi connectivity index (χ0n) is 11.9. The summed E-state index contributed by atoms with van der Waals surface area (Å²) < 4.78 is 13.9. The molecule has 2 aromatic carbocycles. The molecule has 0 saturated carbocycles. The molecule has 0 aromatic heterocycles. The van der Waals surface area contributed by atoms with E-state index in [2.05, 4.69) is 6.92 Å². The SMILES string of the molecule is CCCCc1ccc(-c2cc(C(C)=O)ccc2F)cc1. The molecular weight excluding hydrogens is 251 g/mol. The van der Waals surface area contributed by atoms with Gasteiger partial charge < -0.3 is 0 Å². The van der Waals surface area contributed by atoms with Crippen LogP contribution in [0.1, 0.15) is 42.6 Å². The summed E-state index contributed by atoms with van der Waals surface area (Å²) in [6.07, 6.45) is 3.37. The van der Waals surface area contributed by atoms with Crippen LogP contribution in [-0.4, -0.2) is 5.78 Å². The minimum Gasteiger partial charge on any atom is -0.295 e. The summed E-state index contributed by atoms with van der Waals surface area (Å²) in [7, 11) is 0. The van der Waals surface area contributed by atoms with Gasteiger partial charge in [-0.2, -0.15) is 0 Å². The van der Waals surface area contributed by atoms with E-state index in [1.807, 2.05) is 24.3 Å². The quantitative estimate of drug-likeness (QED) is 0.696. The first kappa shape index (κ1) is 14.4. The van der Waals surface area contributed by atoms with E-state index in [1.165, 1.54) is 24.6 Å². The molecule has 0 N–H and O–H groups in total. The van der Waals surface area contributed by atoms with Crippen molar-refractivity contribution in [1.82, 2.24) is 0 Å². The third-order valence-corrected chi connectivity index (χ3v) is 3.46. The van der Waals surface area contributed by atoms with E-state index in [9.17, 15) is 9.18 Å². The molecule has 104 valence electrons. The lowest BCUT2D eigenvalue weighted by atomic mass is 9.99. The Morgan fingerprint density at radius 2 is 1.80 bits per heavy atom. The first-order valence-electron chi connectivity index (χ1n) is 7.01. The Labute approximate surface area is 119 Å². The predicted molar refractivity (Wildman–Crippen MR) is 80.5 cm³/mol. The van der Waals surface area contributed by atoms with Gasteiger partial charge in [-0.1, -0.05) is 37.6 Å². The summed E-state index contributed by atoms with van der Waals surface area (Å²) in [5.41, 5.74) is 3.10. The molecule has 2 aromatic rings. The molecule has 20 heavy (non-hydrogen) atoms. The average Bonchev–Trinajstić information content (AvgIpc) is 2.46. The van der Waals surface area contributed by atoms with Crippen LogP contribution in [0, 0.1) is 5.82 Å². The van der Waals surface area contributed by atoms with Crippen LogP contribution >= 0.6 is 0 Å². The number of carbonyl (C=O) groups is 1. The Balaban J connectivity index is 2.31. The second-order valence-electron chi connectivity index (χ2n) is 5.05. The number of hydrogen-bond donors (Lipinski definition) is 0. The molecule has 0 spiro atoms.